The number of carbonyl (C=O) groups is 1. The number of hydrogen-bond acceptors (Lipinski definition) is 4. The minimum Gasteiger partial charge on any atom is -0.489 e. The first kappa shape index (κ1) is 14.8. The van der Waals surface area contributed by atoms with Crippen LogP contribution in [0.25, 0.3) is 0 Å². The van der Waals surface area contributed by atoms with Crippen LogP contribution in [0.15, 0.2) is 18.2 Å². The van der Waals surface area contributed by atoms with Gasteiger partial charge in [-0.1, -0.05) is 6.07 Å². The van der Waals surface area contributed by atoms with Crippen molar-refractivity contribution >= 4 is 11.6 Å². The Morgan fingerprint density at radius 3 is 3.00 bits per heavy atom. The molecule has 1 heterocycles. The molecule has 1 aromatic rings. The molecule has 0 saturated carbocycles. The Hall–Kier alpha value is -1.59. The van der Waals surface area contributed by atoms with Crippen molar-refractivity contribution in [2.24, 2.45) is 0 Å². The maximum absolute atomic E-state index is 12.1. The minimum absolute atomic E-state index is 0.00273. The van der Waals surface area contributed by atoms with Crippen LogP contribution in [0, 0.1) is 6.92 Å². The summed E-state index contributed by atoms with van der Waals surface area (Å²) in [6.07, 6.45) is 1.93. The van der Waals surface area contributed by atoms with Gasteiger partial charge in [0.05, 0.1) is 18.3 Å². The Kier molecular flexibility index (Phi) is 5.38. The van der Waals surface area contributed by atoms with E-state index < -0.39 is 0 Å². The SMILES string of the molecule is COCCOc1cc(C)ccc1NC(=O)[C@@H]1CCCN1. The molecule has 1 aliphatic heterocycles. The van der Waals surface area contributed by atoms with Crippen molar-refractivity contribution in [2.45, 2.75) is 25.8 Å². The number of hydrogen-bond donors (Lipinski definition) is 2. The summed E-state index contributed by atoms with van der Waals surface area (Å²) in [4.78, 5) is 12.1. The lowest BCUT2D eigenvalue weighted by atomic mass is 10.2. The number of nitrogens with one attached hydrogen (secondary N) is 2. The summed E-state index contributed by atoms with van der Waals surface area (Å²) in [5.41, 5.74) is 1.81. The van der Waals surface area contributed by atoms with Crippen molar-refractivity contribution in [3.05, 3.63) is 23.8 Å². The van der Waals surface area contributed by atoms with Gasteiger partial charge in [0, 0.05) is 7.11 Å². The van der Waals surface area contributed by atoms with Crippen molar-refractivity contribution in [2.75, 3.05) is 32.2 Å². The van der Waals surface area contributed by atoms with E-state index in [1.807, 2.05) is 25.1 Å². The lowest BCUT2D eigenvalue weighted by molar-refractivity contribution is -0.117. The second-order valence-corrected chi connectivity index (χ2v) is 4.98. The molecular weight excluding hydrogens is 256 g/mol. The Balaban J connectivity index is 2.03. The monoisotopic (exact) mass is 278 g/mol. The van der Waals surface area contributed by atoms with E-state index in [0.29, 0.717) is 24.7 Å². The van der Waals surface area contributed by atoms with Gasteiger partial charge in [-0.05, 0) is 44.0 Å². The zero-order valence-electron chi connectivity index (χ0n) is 12.1. The van der Waals surface area contributed by atoms with Gasteiger partial charge in [-0.15, -0.1) is 0 Å². The Labute approximate surface area is 119 Å². The minimum atomic E-state index is -0.0943. The molecular formula is C15H22N2O3. The molecule has 0 radical (unpaired) electrons. The van der Waals surface area contributed by atoms with E-state index in [4.69, 9.17) is 9.47 Å². The average molecular weight is 278 g/mol. The molecule has 0 aliphatic carbocycles. The molecule has 5 nitrogen and oxygen atoms in total. The van der Waals surface area contributed by atoms with E-state index in [9.17, 15) is 4.79 Å². The first-order valence-electron chi connectivity index (χ1n) is 6.97. The average Bonchev–Trinajstić information content (AvgIpc) is 2.96. The molecule has 1 amide bonds. The second-order valence-electron chi connectivity index (χ2n) is 4.98. The van der Waals surface area contributed by atoms with Gasteiger partial charge < -0.3 is 20.1 Å². The molecule has 5 heteroatoms. The lowest BCUT2D eigenvalue weighted by Gasteiger charge is -2.15. The van der Waals surface area contributed by atoms with E-state index >= 15 is 0 Å². The fourth-order valence-electron chi connectivity index (χ4n) is 2.22. The van der Waals surface area contributed by atoms with Crippen molar-refractivity contribution in [3.8, 4) is 5.75 Å². The number of methoxy groups -OCH3 is 1. The maximum atomic E-state index is 12.1. The summed E-state index contributed by atoms with van der Waals surface area (Å²) in [5, 5.41) is 6.13. The van der Waals surface area contributed by atoms with Crippen LogP contribution in [-0.4, -0.2) is 38.8 Å². The number of amides is 1. The third kappa shape index (κ3) is 3.95. The summed E-state index contributed by atoms with van der Waals surface area (Å²) in [5.74, 6) is 0.691. The Morgan fingerprint density at radius 2 is 2.30 bits per heavy atom. The van der Waals surface area contributed by atoms with Crippen LogP contribution in [0.2, 0.25) is 0 Å². The van der Waals surface area contributed by atoms with Crippen LogP contribution >= 0.6 is 0 Å². The Bertz CT molecular complexity index is 456. The fourth-order valence-corrected chi connectivity index (χ4v) is 2.22. The molecule has 20 heavy (non-hydrogen) atoms. The summed E-state index contributed by atoms with van der Waals surface area (Å²) >= 11 is 0. The quantitative estimate of drug-likeness (QED) is 0.778. The van der Waals surface area contributed by atoms with Gasteiger partial charge in [0.25, 0.3) is 0 Å². The van der Waals surface area contributed by atoms with Gasteiger partial charge in [-0.3, -0.25) is 4.79 Å². The number of anilines is 1. The van der Waals surface area contributed by atoms with Crippen LogP contribution in [0.4, 0.5) is 5.69 Å². The predicted octanol–water partition coefficient (Wildman–Crippen LogP) is 1.71. The van der Waals surface area contributed by atoms with Crippen LogP contribution in [0.5, 0.6) is 5.75 Å². The first-order valence-corrected chi connectivity index (χ1v) is 6.97. The highest BCUT2D eigenvalue weighted by Gasteiger charge is 2.22. The highest BCUT2D eigenvalue weighted by Crippen LogP contribution is 2.26. The number of benzene rings is 1. The molecule has 0 unspecified atom stereocenters. The highest BCUT2D eigenvalue weighted by atomic mass is 16.5. The van der Waals surface area contributed by atoms with Crippen molar-refractivity contribution in [1.29, 1.82) is 0 Å². The fraction of sp³-hybridized carbons (Fsp3) is 0.533. The van der Waals surface area contributed by atoms with Crippen LogP contribution < -0.4 is 15.4 Å². The van der Waals surface area contributed by atoms with Gasteiger partial charge in [-0.25, -0.2) is 0 Å². The number of rotatable bonds is 6. The molecule has 110 valence electrons. The van der Waals surface area contributed by atoms with E-state index in [-0.39, 0.29) is 11.9 Å². The predicted molar refractivity (Wildman–Crippen MR) is 78.2 cm³/mol. The summed E-state index contributed by atoms with van der Waals surface area (Å²) in [6, 6.07) is 5.67. The van der Waals surface area contributed by atoms with Crippen molar-refractivity contribution in [3.63, 3.8) is 0 Å². The largest absolute Gasteiger partial charge is 0.489 e. The van der Waals surface area contributed by atoms with Crippen LogP contribution in [0.1, 0.15) is 18.4 Å². The van der Waals surface area contributed by atoms with Crippen molar-refractivity contribution in [1.82, 2.24) is 5.32 Å². The molecule has 0 bridgehead atoms. The highest BCUT2D eigenvalue weighted by molar-refractivity contribution is 5.96. The normalized spacial score (nSPS) is 18.0. The van der Waals surface area contributed by atoms with Crippen LogP contribution in [-0.2, 0) is 9.53 Å². The van der Waals surface area contributed by atoms with Crippen molar-refractivity contribution < 1.29 is 14.3 Å². The smallest absolute Gasteiger partial charge is 0.241 e. The molecule has 2 rings (SSSR count). The molecule has 0 spiro atoms. The van der Waals surface area contributed by atoms with E-state index in [2.05, 4.69) is 10.6 Å². The molecule has 1 aromatic carbocycles. The summed E-state index contributed by atoms with van der Waals surface area (Å²) < 4.78 is 10.6. The van der Waals surface area contributed by atoms with E-state index in [1.54, 1.807) is 7.11 Å². The standard InChI is InChI=1S/C15H22N2O3/c1-11-5-6-12(14(10-11)20-9-8-19-2)17-15(18)13-4-3-7-16-13/h5-6,10,13,16H,3-4,7-9H2,1-2H3,(H,17,18)/t13-/m0/s1. The molecule has 2 N–H and O–H groups in total. The number of carbonyl (C=O) groups excluding carboxylic acids is 1. The van der Waals surface area contributed by atoms with E-state index in [0.717, 1.165) is 24.9 Å². The lowest BCUT2D eigenvalue weighted by Crippen LogP contribution is -2.35. The van der Waals surface area contributed by atoms with Crippen LogP contribution in [0.3, 0.4) is 0 Å². The van der Waals surface area contributed by atoms with Gasteiger partial charge in [0.15, 0.2) is 0 Å². The first-order chi connectivity index (χ1) is 9.70. The Morgan fingerprint density at radius 1 is 1.45 bits per heavy atom. The van der Waals surface area contributed by atoms with Gasteiger partial charge in [-0.2, -0.15) is 0 Å². The van der Waals surface area contributed by atoms with Gasteiger partial charge >= 0.3 is 0 Å². The third-order valence-electron chi connectivity index (χ3n) is 3.32. The summed E-state index contributed by atoms with van der Waals surface area (Å²) in [7, 11) is 1.63. The maximum Gasteiger partial charge on any atom is 0.241 e. The molecule has 1 fully saturated rings. The van der Waals surface area contributed by atoms with E-state index in [1.165, 1.54) is 0 Å². The topological polar surface area (TPSA) is 59.6 Å². The van der Waals surface area contributed by atoms with Gasteiger partial charge in [0.2, 0.25) is 5.91 Å². The summed E-state index contributed by atoms with van der Waals surface area (Å²) in [6.45, 7) is 3.88. The van der Waals surface area contributed by atoms with Gasteiger partial charge in [0.1, 0.15) is 12.4 Å². The number of aryl methyl sites for hydroxylation is 1. The molecule has 1 atom stereocenters. The third-order valence-corrected chi connectivity index (χ3v) is 3.32. The molecule has 1 saturated heterocycles. The zero-order chi connectivity index (χ0) is 14.4. The molecule has 1 aliphatic rings. The molecule has 0 aromatic heterocycles. The number of ether oxygens (including phenoxy) is 2. The zero-order valence-corrected chi connectivity index (χ0v) is 12.1. The second kappa shape index (κ2) is 7.26.